The highest BCUT2D eigenvalue weighted by Gasteiger charge is 2.21. The average Bonchev–Trinajstić information content (AvgIpc) is 2.96. The second-order valence-electron chi connectivity index (χ2n) is 9.03. The minimum absolute atomic E-state index is 0.175. The Morgan fingerprint density at radius 2 is 1.70 bits per heavy atom. The SMILES string of the molecule is COc1cc(/C=N/NC(=O)CN(c2ccc(Oc3ccccc3)cc2)S(C)(=O)=O)cc(Br)c1OCc1ccc(Cl)cc1Cl. The van der Waals surface area contributed by atoms with E-state index >= 15 is 0 Å². The first-order valence-corrected chi connectivity index (χ1v) is 16.0. The van der Waals surface area contributed by atoms with Gasteiger partial charge in [-0.15, -0.1) is 0 Å². The summed E-state index contributed by atoms with van der Waals surface area (Å²) in [7, 11) is -2.29. The molecule has 4 aromatic rings. The van der Waals surface area contributed by atoms with Crippen LogP contribution in [0.2, 0.25) is 10.0 Å². The predicted molar refractivity (Wildman–Crippen MR) is 172 cm³/mol. The first-order valence-electron chi connectivity index (χ1n) is 12.6. The van der Waals surface area contributed by atoms with E-state index in [9.17, 15) is 13.2 Å². The molecule has 1 N–H and O–H groups in total. The van der Waals surface area contributed by atoms with Crippen LogP contribution in [0.15, 0.2) is 94.5 Å². The van der Waals surface area contributed by atoms with Crippen LogP contribution in [0, 0.1) is 0 Å². The molecule has 0 fully saturated rings. The number of hydrazone groups is 1. The van der Waals surface area contributed by atoms with E-state index in [0.29, 0.717) is 48.8 Å². The lowest BCUT2D eigenvalue weighted by molar-refractivity contribution is -0.119. The van der Waals surface area contributed by atoms with Crippen molar-refractivity contribution >= 4 is 67.0 Å². The maximum atomic E-state index is 12.7. The number of nitrogens with zero attached hydrogens (tertiary/aromatic N) is 2. The molecule has 1 amide bonds. The van der Waals surface area contributed by atoms with Gasteiger partial charge in [0, 0.05) is 15.6 Å². The summed E-state index contributed by atoms with van der Waals surface area (Å²) in [4.78, 5) is 12.7. The van der Waals surface area contributed by atoms with Gasteiger partial charge in [-0.05, 0) is 82.2 Å². The molecule has 0 radical (unpaired) electrons. The summed E-state index contributed by atoms with van der Waals surface area (Å²) in [6.45, 7) is -0.309. The van der Waals surface area contributed by atoms with Gasteiger partial charge in [-0.25, -0.2) is 13.8 Å². The Balaban J connectivity index is 1.39. The van der Waals surface area contributed by atoms with Gasteiger partial charge in [0.1, 0.15) is 24.7 Å². The molecule has 0 aromatic heterocycles. The van der Waals surface area contributed by atoms with Crippen molar-refractivity contribution in [1.29, 1.82) is 0 Å². The molecular weight excluding hydrogens is 681 g/mol. The van der Waals surface area contributed by atoms with Crippen LogP contribution in [0.4, 0.5) is 5.69 Å². The number of anilines is 1. The van der Waals surface area contributed by atoms with E-state index in [1.807, 2.05) is 18.2 Å². The molecule has 43 heavy (non-hydrogen) atoms. The molecule has 13 heteroatoms. The minimum Gasteiger partial charge on any atom is -0.493 e. The Hall–Kier alpha value is -3.77. The summed E-state index contributed by atoms with van der Waals surface area (Å²) >= 11 is 15.7. The van der Waals surface area contributed by atoms with E-state index in [1.165, 1.54) is 13.3 Å². The molecule has 4 aromatic carbocycles. The highest BCUT2D eigenvalue weighted by molar-refractivity contribution is 9.10. The molecule has 0 aliphatic rings. The number of hydrogen-bond acceptors (Lipinski definition) is 7. The van der Waals surface area contributed by atoms with Crippen molar-refractivity contribution in [2.75, 3.05) is 24.2 Å². The second-order valence-corrected chi connectivity index (χ2v) is 12.6. The summed E-state index contributed by atoms with van der Waals surface area (Å²) in [6.07, 6.45) is 2.41. The van der Waals surface area contributed by atoms with E-state index in [4.69, 9.17) is 37.4 Å². The zero-order chi connectivity index (χ0) is 31.0. The molecule has 224 valence electrons. The number of halogens is 3. The summed E-state index contributed by atoms with van der Waals surface area (Å²) < 4.78 is 43.7. The zero-order valence-electron chi connectivity index (χ0n) is 23.0. The number of hydrogen-bond donors (Lipinski definition) is 1. The monoisotopic (exact) mass is 705 g/mol. The molecule has 0 saturated heterocycles. The summed E-state index contributed by atoms with van der Waals surface area (Å²) in [5, 5.41) is 4.98. The normalized spacial score (nSPS) is 11.3. The molecule has 0 heterocycles. The highest BCUT2D eigenvalue weighted by atomic mass is 79.9. The van der Waals surface area contributed by atoms with Gasteiger partial charge in [0.15, 0.2) is 11.5 Å². The van der Waals surface area contributed by atoms with Crippen LogP contribution < -0.4 is 23.9 Å². The van der Waals surface area contributed by atoms with Crippen molar-refractivity contribution in [3.63, 3.8) is 0 Å². The number of para-hydroxylation sites is 1. The molecule has 0 saturated carbocycles. The van der Waals surface area contributed by atoms with Crippen LogP contribution in [0.3, 0.4) is 0 Å². The maximum Gasteiger partial charge on any atom is 0.260 e. The zero-order valence-corrected chi connectivity index (χ0v) is 26.9. The third-order valence-corrected chi connectivity index (χ3v) is 8.15. The number of amides is 1. The number of carbonyl (C=O) groups excluding carboxylic acids is 1. The number of rotatable bonds is 12. The second kappa shape index (κ2) is 14.6. The number of methoxy groups -OCH3 is 1. The third-order valence-electron chi connectivity index (χ3n) is 5.83. The third kappa shape index (κ3) is 9.11. The first kappa shape index (κ1) is 32.2. The highest BCUT2D eigenvalue weighted by Crippen LogP contribution is 2.37. The number of ether oxygens (including phenoxy) is 3. The maximum absolute atomic E-state index is 12.7. The summed E-state index contributed by atoms with van der Waals surface area (Å²) in [6, 6.07) is 24.1. The average molecular weight is 707 g/mol. The molecule has 0 spiro atoms. The van der Waals surface area contributed by atoms with Crippen molar-refractivity contribution in [2.45, 2.75) is 6.61 Å². The standard InChI is InChI=1S/C30H26BrCl2N3O6S/c1-40-28-15-20(14-26(31)30(28)41-19-21-8-9-22(32)16-27(21)33)17-34-35-29(37)18-36(43(2,38)39)23-10-12-25(13-11-23)42-24-6-4-3-5-7-24/h3-17H,18-19H2,1-2H3,(H,35,37)/b34-17+. The van der Waals surface area contributed by atoms with Crippen molar-refractivity contribution in [1.82, 2.24) is 5.43 Å². The van der Waals surface area contributed by atoms with Crippen LogP contribution in [0.1, 0.15) is 11.1 Å². The van der Waals surface area contributed by atoms with Crippen molar-refractivity contribution < 1.29 is 27.4 Å². The fourth-order valence-corrected chi connectivity index (χ4v) is 5.69. The first-order chi connectivity index (χ1) is 20.5. The van der Waals surface area contributed by atoms with E-state index in [1.54, 1.807) is 66.7 Å². The van der Waals surface area contributed by atoms with Gasteiger partial charge in [-0.3, -0.25) is 9.10 Å². The molecule has 9 nitrogen and oxygen atoms in total. The van der Waals surface area contributed by atoms with Crippen LogP contribution in [0.25, 0.3) is 0 Å². The van der Waals surface area contributed by atoms with Crippen molar-refractivity contribution in [3.05, 3.63) is 111 Å². The topological polar surface area (TPSA) is 107 Å². The Kier molecular flexibility index (Phi) is 10.9. The quantitative estimate of drug-likeness (QED) is 0.125. The fourth-order valence-electron chi connectivity index (χ4n) is 3.79. The van der Waals surface area contributed by atoms with Crippen LogP contribution >= 0.6 is 39.1 Å². The Morgan fingerprint density at radius 1 is 1.00 bits per heavy atom. The summed E-state index contributed by atoms with van der Waals surface area (Å²) in [5.74, 6) is 1.37. The Labute approximate surface area is 268 Å². The smallest absolute Gasteiger partial charge is 0.260 e. The fraction of sp³-hybridized carbons (Fsp3) is 0.133. The predicted octanol–water partition coefficient (Wildman–Crippen LogP) is 7.05. The summed E-state index contributed by atoms with van der Waals surface area (Å²) in [5.41, 5.74) is 3.98. The Bertz CT molecular complexity index is 1720. The largest absolute Gasteiger partial charge is 0.493 e. The van der Waals surface area contributed by atoms with Gasteiger partial charge in [-0.1, -0.05) is 47.5 Å². The molecule has 0 atom stereocenters. The van der Waals surface area contributed by atoms with Gasteiger partial charge < -0.3 is 14.2 Å². The molecule has 0 aliphatic heterocycles. The number of benzene rings is 4. The van der Waals surface area contributed by atoms with Crippen LogP contribution in [0.5, 0.6) is 23.0 Å². The van der Waals surface area contributed by atoms with E-state index in [0.717, 1.165) is 16.1 Å². The molecular formula is C30H26BrCl2N3O6S. The minimum atomic E-state index is -3.78. The Morgan fingerprint density at radius 3 is 2.35 bits per heavy atom. The lowest BCUT2D eigenvalue weighted by Gasteiger charge is -2.21. The lowest BCUT2D eigenvalue weighted by Crippen LogP contribution is -2.39. The number of sulfonamides is 1. The van der Waals surface area contributed by atoms with E-state index in [-0.39, 0.29) is 6.61 Å². The molecule has 0 aliphatic carbocycles. The van der Waals surface area contributed by atoms with Gasteiger partial charge in [0.25, 0.3) is 5.91 Å². The van der Waals surface area contributed by atoms with Crippen LogP contribution in [-0.2, 0) is 21.4 Å². The van der Waals surface area contributed by atoms with Gasteiger partial charge in [-0.2, -0.15) is 5.10 Å². The molecule has 0 unspecified atom stereocenters. The van der Waals surface area contributed by atoms with E-state index < -0.39 is 22.5 Å². The number of carbonyl (C=O) groups is 1. The van der Waals surface area contributed by atoms with Crippen molar-refractivity contribution in [3.8, 4) is 23.0 Å². The van der Waals surface area contributed by atoms with Crippen molar-refractivity contribution in [2.24, 2.45) is 5.10 Å². The lowest BCUT2D eigenvalue weighted by atomic mass is 10.2. The van der Waals surface area contributed by atoms with E-state index in [2.05, 4.69) is 26.5 Å². The van der Waals surface area contributed by atoms with Gasteiger partial charge in [0.05, 0.1) is 29.7 Å². The molecule has 0 bridgehead atoms. The van der Waals surface area contributed by atoms with Gasteiger partial charge in [0.2, 0.25) is 10.0 Å². The molecule has 4 rings (SSSR count). The van der Waals surface area contributed by atoms with Crippen LogP contribution in [-0.4, -0.2) is 40.4 Å². The number of nitrogens with one attached hydrogen (secondary N) is 1. The van der Waals surface area contributed by atoms with Gasteiger partial charge >= 0.3 is 0 Å².